The third-order valence-corrected chi connectivity index (χ3v) is 2.28. The second kappa shape index (κ2) is 4.74. The molecular weight excluding hydrogens is 228 g/mol. The molecule has 0 heterocycles. The maximum absolute atomic E-state index is 13.0. The summed E-state index contributed by atoms with van der Waals surface area (Å²) in [6, 6.07) is 1.46. The fourth-order valence-corrected chi connectivity index (χ4v) is 1.31. The Morgan fingerprint density at radius 2 is 1.93 bits per heavy atom. The summed E-state index contributed by atoms with van der Waals surface area (Å²) in [5.41, 5.74) is 4.69. The molecule has 0 spiro atoms. The number of anilines is 1. The van der Waals surface area contributed by atoms with Gasteiger partial charge in [-0.1, -0.05) is 0 Å². The number of aliphatic hydroxyl groups excluding tert-OH is 2. The number of alkyl halides is 1. The van der Waals surface area contributed by atoms with Gasteiger partial charge in [0.25, 0.3) is 0 Å². The van der Waals surface area contributed by atoms with Gasteiger partial charge < -0.3 is 15.9 Å². The maximum Gasteiger partial charge on any atom is 0.149 e. The lowest BCUT2D eigenvalue weighted by Crippen LogP contribution is -2.21. The van der Waals surface area contributed by atoms with Crippen molar-refractivity contribution in [3.8, 4) is 0 Å². The van der Waals surface area contributed by atoms with Gasteiger partial charge in [-0.15, -0.1) is 11.6 Å². The van der Waals surface area contributed by atoms with Gasteiger partial charge >= 0.3 is 0 Å². The summed E-state index contributed by atoms with van der Waals surface area (Å²) in [6.07, 6.45) is -2.83. The summed E-state index contributed by atoms with van der Waals surface area (Å²) in [6.45, 7) is 0. The summed E-state index contributed by atoms with van der Waals surface area (Å²) < 4.78 is 25.8. The molecule has 1 aromatic carbocycles. The standard InChI is InChI=1S/C9H10ClF2NO2/c10-3-7(14)9(15)5-1-4(11)2-6(12)8(5)13/h1-2,7,9,14-15H,3,13H2. The van der Waals surface area contributed by atoms with E-state index >= 15 is 0 Å². The van der Waals surface area contributed by atoms with Crippen molar-refractivity contribution in [1.82, 2.24) is 0 Å². The number of benzene rings is 1. The van der Waals surface area contributed by atoms with E-state index in [4.69, 9.17) is 17.3 Å². The van der Waals surface area contributed by atoms with Crippen LogP contribution in [0.1, 0.15) is 11.7 Å². The molecule has 6 heteroatoms. The fourth-order valence-electron chi connectivity index (χ4n) is 1.14. The topological polar surface area (TPSA) is 66.5 Å². The molecule has 15 heavy (non-hydrogen) atoms. The zero-order chi connectivity index (χ0) is 11.6. The predicted molar refractivity (Wildman–Crippen MR) is 52.5 cm³/mol. The maximum atomic E-state index is 13.0. The number of hydrogen-bond acceptors (Lipinski definition) is 3. The van der Waals surface area contributed by atoms with Crippen molar-refractivity contribution in [2.45, 2.75) is 12.2 Å². The van der Waals surface area contributed by atoms with E-state index in [9.17, 15) is 19.0 Å². The van der Waals surface area contributed by atoms with Gasteiger partial charge in [0.2, 0.25) is 0 Å². The largest absolute Gasteiger partial charge is 0.396 e. The van der Waals surface area contributed by atoms with E-state index in [1.807, 2.05) is 0 Å². The van der Waals surface area contributed by atoms with Gasteiger partial charge in [-0.3, -0.25) is 0 Å². The Bertz CT molecular complexity index is 362. The van der Waals surface area contributed by atoms with Crippen molar-refractivity contribution < 1.29 is 19.0 Å². The molecule has 0 aliphatic rings. The van der Waals surface area contributed by atoms with Crippen LogP contribution in [0.25, 0.3) is 0 Å². The highest BCUT2D eigenvalue weighted by molar-refractivity contribution is 6.18. The zero-order valence-electron chi connectivity index (χ0n) is 7.62. The van der Waals surface area contributed by atoms with E-state index < -0.39 is 29.5 Å². The van der Waals surface area contributed by atoms with Crippen LogP contribution in [0.3, 0.4) is 0 Å². The molecule has 4 N–H and O–H groups in total. The minimum atomic E-state index is -1.51. The van der Waals surface area contributed by atoms with Crippen molar-refractivity contribution in [3.63, 3.8) is 0 Å². The molecule has 2 unspecified atom stereocenters. The molecule has 0 aliphatic carbocycles. The summed E-state index contributed by atoms with van der Waals surface area (Å²) in [7, 11) is 0. The first-order valence-corrected chi connectivity index (χ1v) is 4.67. The van der Waals surface area contributed by atoms with E-state index in [-0.39, 0.29) is 11.4 Å². The average molecular weight is 238 g/mol. The molecule has 0 amide bonds. The average Bonchev–Trinajstić information content (AvgIpc) is 2.21. The van der Waals surface area contributed by atoms with Crippen LogP contribution < -0.4 is 5.73 Å². The highest BCUT2D eigenvalue weighted by Crippen LogP contribution is 2.27. The van der Waals surface area contributed by atoms with Gasteiger partial charge in [-0.05, 0) is 6.07 Å². The van der Waals surface area contributed by atoms with E-state index in [1.165, 1.54) is 0 Å². The third kappa shape index (κ3) is 2.56. The lowest BCUT2D eigenvalue weighted by Gasteiger charge is -2.17. The van der Waals surface area contributed by atoms with Gasteiger partial charge in [0.15, 0.2) is 0 Å². The zero-order valence-corrected chi connectivity index (χ0v) is 8.38. The molecule has 0 fully saturated rings. The van der Waals surface area contributed by atoms with Crippen LogP contribution in [0.5, 0.6) is 0 Å². The highest BCUT2D eigenvalue weighted by atomic mass is 35.5. The molecule has 0 bridgehead atoms. The fraction of sp³-hybridized carbons (Fsp3) is 0.333. The Hall–Kier alpha value is -0.910. The first kappa shape index (κ1) is 12.2. The van der Waals surface area contributed by atoms with Crippen molar-refractivity contribution in [2.24, 2.45) is 0 Å². The quantitative estimate of drug-likeness (QED) is 0.546. The first-order chi connectivity index (χ1) is 6.97. The normalized spacial score (nSPS) is 15.0. The number of halogens is 3. The predicted octanol–water partition coefficient (Wildman–Crippen LogP) is 1.18. The molecule has 0 saturated heterocycles. The van der Waals surface area contributed by atoms with Crippen molar-refractivity contribution in [2.75, 3.05) is 11.6 Å². The van der Waals surface area contributed by atoms with Crippen molar-refractivity contribution in [3.05, 3.63) is 29.3 Å². The summed E-state index contributed by atoms with van der Waals surface area (Å²) >= 11 is 5.29. The Morgan fingerprint density at radius 1 is 1.33 bits per heavy atom. The molecule has 0 radical (unpaired) electrons. The minimum absolute atomic E-state index is 0.208. The van der Waals surface area contributed by atoms with E-state index in [0.717, 1.165) is 6.07 Å². The molecule has 0 aliphatic heterocycles. The number of hydrogen-bond donors (Lipinski definition) is 3. The summed E-state index contributed by atoms with van der Waals surface area (Å²) in [5, 5.41) is 18.7. The SMILES string of the molecule is Nc1c(F)cc(F)cc1C(O)C(O)CCl. The minimum Gasteiger partial charge on any atom is -0.396 e. The number of nitrogen functional groups attached to an aromatic ring is 1. The van der Waals surface area contributed by atoms with Crippen molar-refractivity contribution >= 4 is 17.3 Å². The second-order valence-electron chi connectivity index (χ2n) is 3.06. The molecule has 2 atom stereocenters. The van der Waals surface area contributed by atoms with Gasteiger partial charge in [0, 0.05) is 11.6 Å². The van der Waals surface area contributed by atoms with E-state index in [1.54, 1.807) is 0 Å². The molecular formula is C9H10ClF2NO2. The Labute approximate surface area is 90.1 Å². The van der Waals surface area contributed by atoms with Gasteiger partial charge in [0.1, 0.15) is 17.7 Å². The van der Waals surface area contributed by atoms with E-state index in [2.05, 4.69) is 0 Å². The Balaban J connectivity index is 3.13. The molecule has 0 saturated carbocycles. The van der Waals surface area contributed by atoms with Crippen LogP contribution >= 0.6 is 11.6 Å². The van der Waals surface area contributed by atoms with E-state index in [0.29, 0.717) is 6.07 Å². The Morgan fingerprint density at radius 3 is 2.47 bits per heavy atom. The van der Waals surface area contributed by atoms with Crippen molar-refractivity contribution in [1.29, 1.82) is 0 Å². The lowest BCUT2D eigenvalue weighted by atomic mass is 10.0. The van der Waals surface area contributed by atoms with Crippen LogP contribution in [0.4, 0.5) is 14.5 Å². The van der Waals surface area contributed by atoms with Gasteiger partial charge in [-0.2, -0.15) is 0 Å². The summed E-state index contributed by atoms with van der Waals surface area (Å²) in [5.74, 6) is -2.12. The molecule has 0 aromatic heterocycles. The number of rotatable bonds is 3. The second-order valence-corrected chi connectivity index (χ2v) is 3.37. The van der Waals surface area contributed by atoms with Crippen LogP contribution in [0.15, 0.2) is 12.1 Å². The first-order valence-electron chi connectivity index (χ1n) is 4.14. The number of aliphatic hydroxyl groups is 2. The smallest absolute Gasteiger partial charge is 0.149 e. The Kier molecular flexibility index (Phi) is 3.84. The van der Waals surface area contributed by atoms with Gasteiger partial charge in [0.05, 0.1) is 17.7 Å². The van der Waals surface area contributed by atoms with Crippen LogP contribution in [-0.4, -0.2) is 22.2 Å². The van der Waals surface area contributed by atoms with Gasteiger partial charge in [-0.25, -0.2) is 8.78 Å². The van der Waals surface area contributed by atoms with Crippen LogP contribution in [0, 0.1) is 11.6 Å². The molecule has 1 rings (SSSR count). The molecule has 84 valence electrons. The number of nitrogens with two attached hydrogens (primary N) is 1. The van der Waals surface area contributed by atoms with Crippen LogP contribution in [0.2, 0.25) is 0 Å². The third-order valence-electron chi connectivity index (χ3n) is 1.97. The summed E-state index contributed by atoms with van der Waals surface area (Å²) in [4.78, 5) is 0. The molecule has 3 nitrogen and oxygen atoms in total. The molecule has 1 aromatic rings. The highest BCUT2D eigenvalue weighted by Gasteiger charge is 2.22. The lowest BCUT2D eigenvalue weighted by molar-refractivity contribution is 0.0328. The monoisotopic (exact) mass is 237 g/mol. The van der Waals surface area contributed by atoms with Crippen LogP contribution in [-0.2, 0) is 0 Å².